The van der Waals surface area contributed by atoms with Gasteiger partial charge >= 0.3 is 0 Å². The molecule has 0 saturated heterocycles. The third-order valence-electron chi connectivity index (χ3n) is 3.20. The molecule has 0 aliphatic carbocycles. The molecule has 0 aliphatic rings. The minimum Gasteiger partial charge on any atom is -0.507 e. The summed E-state index contributed by atoms with van der Waals surface area (Å²) in [6.45, 7) is 8.42. The van der Waals surface area contributed by atoms with Gasteiger partial charge in [0, 0.05) is 12.1 Å². The van der Waals surface area contributed by atoms with Gasteiger partial charge in [-0.05, 0) is 31.4 Å². The SMILES string of the molecule is CCC(NC(C)c1c(O)cccc1O)C(C)C. The Bertz CT molecular complexity index is 343. The van der Waals surface area contributed by atoms with Crippen LogP contribution in [0.2, 0.25) is 0 Å². The van der Waals surface area contributed by atoms with Crippen molar-refractivity contribution in [1.29, 1.82) is 0 Å². The van der Waals surface area contributed by atoms with Crippen LogP contribution in [0.5, 0.6) is 11.5 Å². The Labute approximate surface area is 103 Å². The zero-order valence-electron chi connectivity index (χ0n) is 11.1. The highest BCUT2D eigenvalue weighted by Crippen LogP contribution is 2.32. The number of phenolic OH excluding ortho intramolecular Hbond substituents is 2. The molecule has 0 radical (unpaired) electrons. The summed E-state index contributed by atoms with van der Waals surface area (Å²) >= 11 is 0. The Hall–Kier alpha value is -1.22. The fraction of sp³-hybridized carbons (Fsp3) is 0.571. The predicted octanol–water partition coefficient (Wildman–Crippen LogP) is 3.18. The van der Waals surface area contributed by atoms with E-state index in [0.717, 1.165) is 6.42 Å². The zero-order chi connectivity index (χ0) is 13.0. The first kappa shape index (κ1) is 13.8. The average molecular weight is 237 g/mol. The van der Waals surface area contributed by atoms with Gasteiger partial charge in [-0.3, -0.25) is 0 Å². The maximum atomic E-state index is 9.79. The van der Waals surface area contributed by atoms with Crippen molar-refractivity contribution in [3.8, 4) is 11.5 Å². The molecule has 2 atom stereocenters. The topological polar surface area (TPSA) is 52.5 Å². The number of hydrogen-bond donors (Lipinski definition) is 3. The van der Waals surface area contributed by atoms with Gasteiger partial charge in [0.05, 0.1) is 5.56 Å². The average Bonchev–Trinajstić information content (AvgIpc) is 2.25. The molecular formula is C14H23NO2. The normalized spacial score (nSPS) is 14.9. The van der Waals surface area contributed by atoms with Crippen molar-refractivity contribution in [3.05, 3.63) is 23.8 Å². The zero-order valence-corrected chi connectivity index (χ0v) is 11.1. The lowest BCUT2D eigenvalue weighted by Crippen LogP contribution is -2.35. The molecule has 0 amide bonds. The molecule has 0 heterocycles. The third-order valence-corrected chi connectivity index (χ3v) is 3.20. The van der Waals surface area contributed by atoms with Crippen molar-refractivity contribution in [1.82, 2.24) is 5.32 Å². The monoisotopic (exact) mass is 237 g/mol. The van der Waals surface area contributed by atoms with Crippen molar-refractivity contribution >= 4 is 0 Å². The van der Waals surface area contributed by atoms with Crippen LogP contribution in [-0.4, -0.2) is 16.3 Å². The van der Waals surface area contributed by atoms with E-state index in [1.807, 2.05) is 6.92 Å². The second kappa shape index (κ2) is 5.92. The van der Waals surface area contributed by atoms with Crippen molar-refractivity contribution < 1.29 is 10.2 Å². The van der Waals surface area contributed by atoms with Crippen LogP contribution >= 0.6 is 0 Å². The maximum absolute atomic E-state index is 9.79. The standard InChI is InChI=1S/C14H23NO2/c1-5-11(9(2)3)15-10(4)14-12(16)7-6-8-13(14)17/h6-11,15-17H,5H2,1-4H3. The van der Waals surface area contributed by atoms with Gasteiger partial charge in [-0.1, -0.05) is 26.8 Å². The third kappa shape index (κ3) is 3.37. The van der Waals surface area contributed by atoms with E-state index in [4.69, 9.17) is 0 Å². The largest absolute Gasteiger partial charge is 0.507 e. The summed E-state index contributed by atoms with van der Waals surface area (Å²) in [6, 6.07) is 5.15. The molecule has 3 N–H and O–H groups in total. The summed E-state index contributed by atoms with van der Waals surface area (Å²) in [5.41, 5.74) is 0.576. The lowest BCUT2D eigenvalue weighted by atomic mass is 9.98. The highest BCUT2D eigenvalue weighted by Gasteiger charge is 2.19. The molecule has 17 heavy (non-hydrogen) atoms. The van der Waals surface area contributed by atoms with Crippen molar-refractivity contribution in [2.24, 2.45) is 5.92 Å². The van der Waals surface area contributed by atoms with Crippen LogP contribution < -0.4 is 5.32 Å². The van der Waals surface area contributed by atoms with Gasteiger partial charge in [-0.2, -0.15) is 0 Å². The van der Waals surface area contributed by atoms with Crippen LogP contribution in [0, 0.1) is 5.92 Å². The fourth-order valence-electron chi connectivity index (χ4n) is 2.17. The summed E-state index contributed by atoms with van der Waals surface area (Å²) < 4.78 is 0. The first-order valence-electron chi connectivity index (χ1n) is 6.24. The van der Waals surface area contributed by atoms with Gasteiger partial charge in [0.25, 0.3) is 0 Å². The summed E-state index contributed by atoms with van der Waals surface area (Å²) in [4.78, 5) is 0. The van der Waals surface area contributed by atoms with Crippen molar-refractivity contribution in [2.75, 3.05) is 0 Å². The first-order chi connectivity index (χ1) is 7.97. The maximum Gasteiger partial charge on any atom is 0.124 e. The predicted molar refractivity (Wildman–Crippen MR) is 70.2 cm³/mol. The molecule has 0 spiro atoms. The molecule has 0 saturated carbocycles. The number of nitrogens with one attached hydrogen (secondary N) is 1. The van der Waals surface area contributed by atoms with Gasteiger partial charge in [0.2, 0.25) is 0 Å². The number of rotatable bonds is 5. The molecule has 1 aromatic carbocycles. The van der Waals surface area contributed by atoms with Crippen molar-refractivity contribution in [2.45, 2.75) is 46.2 Å². The number of benzene rings is 1. The molecule has 0 aromatic heterocycles. The quantitative estimate of drug-likeness (QED) is 0.737. The molecule has 96 valence electrons. The smallest absolute Gasteiger partial charge is 0.124 e. The van der Waals surface area contributed by atoms with E-state index >= 15 is 0 Å². The minimum absolute atomic E-state index is 0.0662. The molecular weight excluding hydrogens is 214 g/mol. The van der Waals surface area contributed by atoms with E-state index in [2.05, 4.69) is 26.1 Å². The van der Waals surface area contributed by atoms with Crippen LogP contribution in [0.1, 0.15) is 45.7 Å². The molecule has 3 nitrogen and oxygen atoms in total. The second-order valence-electron chi connectivity index (χ2n) is 4.86. The lowest BCUT2D eigenvalue weighted by molar-refractivity contribution is 0.342. The van der Waals surface area contributed by atoms with Crippen LogP contribution in [0.15, 0.2) is 18.2 Å². The Balaban J connectivity index is 2.86. The molecule has 0 aliphatic heterocycles. The minimum atomic E-state index is -0.0662. The number of phenols is 2. The Morgan fingerprint density at radius 1 is 1.12 bits per heavy atom. The summed E-state index contributed by atoms with van der Waals surface area (Å²) in [5.74, 6) is 0.808. The van der Waals surface area contributed by atoms with Gasteiger partial charge in [0.15, 0.2) is 0 Å². The van der Waals surface area contributed by atoms with Crippen molar-refractivity contribution in [3.63, 3.8) is 0 Å². The van der Waals surface area contributed by atoms with Crippen LogP contribution in [0.4, 0.5) is 0 Å². The molecule has 1 rings (SSSR count). The van der Waals surface area contributed by atoms with E-state index in [1.165, 1.54) is 0 Å². The van der Waals surface area contributed by atoms with Gasteiger partial charge in [-0.25, -0.2) is 0 Å². The molecule has 0 fully saturated rings. The van der Waals surface area contributed by atoms with Crippen LogP contribution in [0.3, 0.4) is 0 Å². The van der Waals surface area contributed by atoms with E-state index < -0.39 is 0 Å². The first-order valence-corrected chi connectivity index (χ1v) is 6.24. The fourth-order valence-corrected chi connectivity index (χ4v) is 2.17. The highest BCUT2D eigenvalue weighted by molar-refractivity contribution is 5.44. The van der Waals surface area contributed by atoms with Gasteiger partial charge in [-0.15, -0.1) is 0 Å². The van der Waals surface area contributed by atoms with Gasteiger partial charge in [0.1, 0.15) is 11.5 Å². The Morgan fingerprint density at radius 2 is 1.65 bits per heavy atom. The highest BCUT2D eigenvalue weighted by atomic mass is 16.3. The summed E-state index contributed by atoms with van der Waals surface area (Å²) in [7, 11) is 0. The molecule has 1 aromatic rings. The van der Waals surface area contributed by atoms with Gasteiger partial charge < -0.3 is 15.5 Å². The molecule has 3 heteroatoms. The summed E-state index contributed by atoms with van der Waals surface area (Å²) in [6.07, 6.45) is 1.02. The van der Waals surface area contributed by atoms with E-state index in [9.17, 15) is 10.2 Å². The number of aromatic hydroxyl groups is 2. The number of hydrogen-bond acceptors (Lipinski definition) is 3. The van der Waals surface area contributed by atoms with E-state index in [-0.39, 0.29) is 17.5 Å². The van der Waals surface area contributed by atoms with E-state index in [1.54, 1.807) is 18.2 Å². The Kier molecular flexibility index (Phi) is 4.82. The summed E-state index contributed by atoms with van der Waals surface area (Å²) in [5, 5.41) is 23.0. The Morgan fingerprint density at radius 3 is 2.06 bits per heavy atom. The van der Waals surface area contributed by atoms with E-state index in [0.29, 0.717) is 17.5 Å². The van der Waals surface area contributed by atoms with Crippen LogP contribution in [0.25, 0.3) is 0 Å². The van der Waals surface area contributed by atoms with Crippen LogP contribution in [-0.2, 0) is 0 Å². The molecule has 0 bridgehead atoms. The molecule has 2 unspecified atom stereocenters. The lowest BCUT2D eigenvalue weighted by Gasteiger charge is -2.26. The second-order valence-corrected chi connectivity index (χ2v) is 4.86.